The molecule has 0 heterocycles. The Bertz CT molecular complexity index is 46.1. The van der Waals surface area contributed by atoms with Crippen LogP contribution in [0.2, 0.25) is 4.71 Å². The van der Waals surface area contributed by atoms with Gasteiger partial charge >= 0.3 is 53.7 Å². The van der Waals surface area contributed by atoms with Gasteiger partial charge in [0.2, 0.25) is 0 Å². The molecule has 0 amide bonds. The fourth-order valence-electron chi connectivity index (χ4n) is 0.953. The summed E-state index contributed by atoms with van der Waals surface area (Å²) in [6, 6.07) is 0. The van der Waals surface area contributed by atoms with Crippen molar-refractivity contribution in [3.8, 4) is 0 Å². The summed E-state index contributed by atoms with van der Waals surface area (Å²) in [5, 5.41) is 0. The number of hydrogen-bond donors (Lipinski definition) is 0. The summed E-state index contributed by atoms with van der Waals surface area (Å²) in [6.45, 7) is 0. The van der Waals surface area contributed by atoms with Gasteiger partial charge in [-0.1, -0.05) is 0 Å². The van der Waals surface area contributed by atoms with E-state index in [1.54, 1.807) is 0 Å². The Kier molecular flexibility index (Phi) is 2.25. The van der Waals surface area contributed by atoms with Crippen molar-refractivity contribution in [1.82, 2.24) is 0 Å². The van der Waals surface area contributed by atoms with Gasteiger partial charge in [0.05, 0.1) is 0 Å². The monoisotopic (exact) mass is 159 g/mol. The van der Waals surface area contributed by atoms with E-state index < -0.39 is 0 Å². The summed E-state index contributed by atoms with van der Waals surface area (Å²) in [5.41, 5.74) is 0. The van der Waals surface area contributed by atoms with Crippen molar-refractivity contribution >= 4 is 16.9 Å². The van der Waals surface area contributed by atoms with Crippen LogP contribution in [0.4, 0.5) is 0 Å². The van der Waals surface area contributed by atoms with Crippen molar-refractivity contribution in [2.24, 2.45) is 0 Å². The molecule has 41 valence electrons. The predicted molar refractivity (Wildman–Crippen MR) is 35.1 cm³/mol. The molecule has 1 aliphatic rings. The standard InChI is InChI=1S/C6H12As/c7-6-4-2-1-3-5-6/h1,6H,2-5,7H2. The second-order valence-corrected chi connectivity index (χ2v) is 4.18. The quantitative estimate of drug-likeness (QED) is 0.465. The van der Waals surface area contributed by atoms with Gasteiger partial charge in [-0.2, -0.15) is 0 Å². The minimum atomic E-state index is 1.07. The normalized spacial score (nSPS) is 25.3. The van der Waals surface area contributed by atoms with E-state index in [-0.39, 0.29) is 0 Å². The van der Waals surface area contributed by atoms with E-state index in [9.17, 15) is 0 Å². The van der Waals surface area contributed by atoms with Crippen LogP contribution < -0.4 is 0 Å². The van der Waals surface area contributed by atoms with Crippen LogP contribution in [0.1, 0.15) is 25.7 Å². The molecule has 0 aromatic rings. The second kappa shape index (κ2) is 2.77. The van der Waals surface area contributed by atoms with Crippen molar-refractivity contribution in [3.63, 3.8) is 0 Å². The molecule has 1 fully saturated rings. The van der Waals surface area contributed by atoms with Gasteiger partial charge in [-0.05, 0) is 0 Å². The third kappa shape index (κ3) is 1.86. The molecule has 0 aliphatic heterocycles. The molecule has 1 unspecified atom stereocenters. The van der Waals surface area contributed by atoms with E-state index in [0.29, 0.717) is 0 Å². The van der Waals surface area contributed by atoms with E-state index in [4.69, 9.17) is 0 Å². The first-order chi connectivity index (χ1) is 3.39. The first-order valence-corrected chi connectivity index (χ1v) is 4.37. The van der Waals surface area contributed by atoms with Crippen LogP contribution in [0, 0.1) is 6.42 Å². The van der Waals surface area contributed by atoms with Gasteiger partial charge in [0.15, 0.2) is 0 Å². The Morgan fingerprint density at radius 1 is 1.29 bits per heavy atom. The van der Waals surface area contributed by atoms with Gasteiger partial charge < -0.3 is 0 Å². The molecule has 0 aromatic heterocycles. The summed E-state index contributed by atoms with van der Waals surface area (Å²) < 4.78 is 1.07. The molecular weight excluding hydrogens is 147 g/mol. The van der Waals surface area contributed by atoms with Crippen LogP contribution in [0.5, 0.6) is 0 Å². The molecule has 1 aliphatic carbocycles. The molecule has 0 N–H and O–H groups in total. The molecule has 1 radical (unpaired) electrons. The SMILES string of the molecule is [AsH2]C1CC[CH]CC1. The van der Waals surface area contributed by atoms with Gasteiger partial charge in [0.25, 0.3) is 0 Å². The first-order valence-electron chi connectivity index (χ1n) is 2.97. The topological polar surface area (TPSA) is 0 Å². The maximum atomic E-state index is 2.41. The van der Waals surface area contributed by atoms with Gasteiger partial charge in [0.1, 0.15) is 0 Å². The fourth-order valence-corrected chi connectivity index (χ4v) is 1.76. The molecule has 0 saturated heterocycles. The van der Waals surface area contributed by atoms with E-state index >= 15 is 0 Å². The Labute approximate surface area is 54.2 Å². The van der Waals surface area contributed by atoms with Crippen LogP contribution in [-0.4, -0.2) is 16.9 Å². The van der Waals surface area contributed by atoms with Crippen LogP contribution >= 0.6 is 0 Å². The van der Waals surface area contributed by atoms with Gasteiger partial charge in [0, 0.05) is 0 Å². The van der Waals surface area contributed by atoms with Crippen LogP contribution in [0.15, 0.2) is 0 Å². The molecule has 1 saturated carbocycles. The minimum absolute atomic E-state index is 1.07. The van der Waals surface area contributed by atoms with Gasteiger partial charge in [-0.15, -0.1) is 0 Å². The fraction of sp³-hybridized carbons (Fsp3) is 0.833. The Morgan fingerprint density at radius 2 is 1.86 bits per heavy atom. The Hall–Kier alpha value is 0.558. The zero-order chi connectivity index (χ0) is 5.11. The molecule has 7 heavy (non-hydrogen) atoms. The summed E-state index contributed by atoms with van der Waals surface area (Å²) in [6.07, 6.45) is 8.09. The average molecular weight is 159 g/mol. The van der Waals surface area contributed by atoms with E-state index in [2.05, 4.69) is 6.42 Å². The van der Waals surface area contributed by atoms with Gasteiger partial charge in [-0.25, -0.2) is 0 Å². The molecule has 0 spiro atoms. The zero-order valence-electron chi connectivity index (χ0n) is 4.56. The predicted octanol–water partition coefficient (Wildman–Crippen LogP) is 1.19. The van der Waals surface area contributed by atoms with Crippen molar-refractivity contribution in [1.29, 1.82) is 0 Å². The van der Waals surface area contributed by atoms with Crippen molar-refractivity contribution in [2.75, 3.05) is 0 Å². The molecular formula is C6H12As. The number of rotatable bonds is 0. The van der Waals surface area contributed by atoms with Crippen LogP contribution in [0.25, 0.3) is 0 Å². The summed E-state index contributed by atoms with van der Waals surface area (Å²) in [4.78, 5) is 0. The van der Waals surface area contributed by atoms with Crippen molar-refractivity contribution in [3.05, 3.63) is 6.42 Å². The third-order valence-corrected chi connectivity index (χ3v) is 2.88. The van der Waals surface area contributed by atoms with Gasteiger partial charge in [-0.3, -0.25) is 0 Å². The summed E-state index contributed by atoms with van der Waals surface area (Å²) in [5.74, 6) is 0. The van der Waals surface area contributed by atoms with E-state index in [1.807, 2.05) is 16.9 Å². The first kappa shape index (κ1) is 5.69. The van der Waals surface area contributed by atoms with Crippen LogP contribution in [-0.2, 0) is 0 Å². The average Bonchev–Trinajstić information content (AvgIpc) is 1.69. The molecule has 0 aromatic carbocycles. The molecule has 1 rings (SSSR count). The van der Waals surface area contributed by atoms with Crippen molar-refractivity contribution < 1.29 is 0 Å². The van der Waals surface area contributed by atoms with E-state index in [0.717, 1.165) is 4.71 Å². The zero-order valence-corrected chi connectivity index (χ0v) is 6.98. The molecule has 1 atom stereocenters. The second-order valence-electron chi connectivity index (χ2n) is 2.20. The molecule has 1 heteroatoms. The molecule has 0 bridgehead atoms. The Balaban J connectivity index is 2.12. The third-order valence-electron chi connectivity index (χ3n) is 1.48. The molecule has 0 nitrogen and oxygen atoms in total. The Morgan fingerprint density at radius 3 is 2.14 bits per heavy atom. The van der Waals surface area contributed by atoms with Crippen molar-refractivity contribution in [2.45, 2.75) is 30.4 Å². The van der Waals surface area contributed by atoms with Crippen LogP contribution in [0.3, 0.4) is 0 Å². The number of hydrogen-bond acceptors (Lipinski definition) is 0. The summed E-state index contributed by atoms with van der Waals surface area (Å²) in [7, 11) is 0. The summed E-state index contributed by atoms with van der Waals surface area (Å²) >= 11 is 1.93. The maximum absolute atomic E-state index is 2.41. The van der Waals surface area contributed by atoms with E-state index in [1.165, 1.54) is 25.7 Å².